The van der Waals surface area contributed by atoms with Crippen LogP contribution in [0, 0.1) is 20.8 Å². The van der Waals surface area contributed by atoms with Gasteiger partial charge in [-0.15, -0.1) is 5.10 Å². The van der Waals surface area contributed by atoms with Gasteiger partial charge >= 0.3 is 0 Å². The predicted molar refractivity (Wildman–Crippen MR) is 107 cm³/mol. The van der Waals surface area contributed by atoms with Gasteiger partial charge in [-0.3, -0.25) is 9.89 Å². The molecule has 0 unspecified atom stereocenters. The summed E-state index contributed by atoms with van der Waals surface area (Å²) in [6.07, 6.45) is 0. The van der Waals surface area contributed by atoms with E-state index in [9.17, 15) is 4.79 Å². The van der Waals surface area contributed by atoms with Crippen LogP contribution in [0.25, 0.3) is 0 Å². The van der Waals surface area contributed by atoms with Gasteiger partial charge in [0.2, 0.25) is 11.1 Å². The summed E-state index contributed by atoms with van der Waals surface area (Å²) < 4.78 is 5.69. The molecule has 0 bridgehead atoms. The zero-order chi connectivity index (χ0) is 19.2. The van der Waals surface area contributed by atoms with Crippen molar-refractivity contribution < 1.29 is 9.53 Å². The number of aryl methyl sites for hydroxylation is 3. The number of rotatable bonds is 7. The van der Waals surface area contributed by atoms with Gasteiger partial charge in [-0.2, -0.15) is 0 Å². The molecule has 2 aromatic carbocycles. The van der Waals surface area contributed by atoms with Crippen molar-refractivity contribution in [1.29, 1.82) is 0 Å². The molecule has 27 heavy (non-hydrogen) atoms. The van der Waals surface area contributed by atoms with E-state index in [4.69, 9.17) is 4.74 Å². The second-order valence-electron chi connectivity index (χ2n) is 6.31. The molecular formula is C20H22N4O2S. The fourth-order valence-corrected chi connectivity index (χ4v) is 3.03. The average Bonchev–Trinajstić information content (AvgIpc) is 3.09. The second kappa shape index (κ2) is 8.73. The highest BCUT2D eigenvalue weighted by Crippen LogP contribution is 2.17. The van der Waals surface area contributed by atoms with E-state index >= 15 is 0 Å². The quantitative estimate of drug-likeness (QED) is 0.603. The summed E-state index contributed by atoms with van der Waals surface area (Å²) in [6, 6.07) is 13.7. The summed E-state index contributed by atoms with van der Waals surface area (Å²) in [5.74, 6) is 1.55. The number of thioether (sulfide) groups is 1. The molecule has 0 fully saturated rings. The van der Waals surface area contributed by atoms with E-state index in [-0.39, 0.29) is 11.7 Å². The summed E-state index contributed by atoms with van der Waals surface area (Å²) in [5.41, 5.74) is 4.28. The maximum atomic E-state index is 12.1. The molecular weight excluding hydrogens is 360 g/mol. The minimum atomic E-state index is -0.0920. The Morgan fingerprint density at radius 2 is 2.00 bits per heavy atom. The van der Waals surface area contributed by atoms with Crippen molar-refractivity contribution in [3.05, 3.63) is 65.0 Å². The zero-order valence-corrected chi connectivity index (χ0v) is 16.4. The molecule has 0 aliphatic heterocycles. The van der Waals surface area contributed by atoms with E-state index in [2.05, 4.69) is 20.5 Å². The highest BCUT2D eigenvalue weighted by molar-refractivity contribution is 7.99. The number of nitrogens with zero attached hydrogens (tertiary/aromatic N) is 2. The molecule has 1 aromatic heterocycles. The normalized spacial score (nSPS) is 10.6. The number of amides is 1. The van der Waals surface area contributed by atoms with E-state index in [1.54, 1.807) is 0 Å². The molecule has 0 saturated carbocycles. The van der Waals surface area contributed by atoms with Crippen molar-refractivity contribution in [2.45, 2.75) is 32.5 Å². The molecule has 0 aliphatic carbocycles. The number of hydrogen-bond acceptors (Lipinski definition) is 5. The molecule has 3 rings (SSSR count). The molecule has 1 heterocycles. The molecule has 1 amide bonds. The average molecular weight is 382 g/mol. The molecule has 140 valence electrons. The smallest absolute Gasteiger partial charge is 0.234 e. The number of anilines is 1. The number of aromatic nitrogens is 3. The summed E-state index contributed by atoms with van der Waals surface area (Å²) in [7, 11) is 0. The molecule has 0 radical (unpaired) electrons. The van der Waals surface area contributed by atoms with E-state index < -0.39 is 0 Å². The Bertz CT molecular complexity index is 939. The molecule has 6 nitrogen and oxygen atoms in total. The first kappa shape index (κ1) is 19.0. The van der Waals surface area contributed by atoms with Crippen molar-refractivity contribution in [1.82, 2.24) is 15.2 Å². The number of carbonyl (C=O) groups excluding carboxylic acids is 1. The van der Waals surface area contributed by atoms with Gasteiger partial charge in [-0.05, 0) is 61.7 Å². The van der Waals surface area contributed by atoms with Crippen LogP contribution in [0.1, 0.15) is 22.5 Å². The molecule has 3 aromatic rings. The minimum Gasteiger partial charge on any atom is -0.486 e. The van der Waals surface area contributed by atoms with Gasteiger partial charge in [0.1, 0.15) is 12.4 Å². The van der Waals surface area contributed by atoms with E-state index in [1.807, 2.05) is 63.2 Å². The number of H-pyrrole nitrogens is 1. The van der Waals surface area contributed by atoms with Gasteiger partial charge in [0.05, 0.1) is 5.75 Å². The maximum absolute atomic E-state index is 12.1. The Balaban J connectivity index is 1.47. The number of ether oxygens (including phenoxy) is 1. The van der Waals surface area contributed by atoms with Crippen LogP contribution in [0.2, 0.25) is 0 Å². The van der Waals surface area contributed by atoms with Gasteiger partial charge in [-0.1, -0.05) is 30.0 Å². The molecule has 0 aliphatic rings. The topological polar surface area (TPSA) is 79.9 Å². The van der Waals surface area contributed by atoms with Gasteiger partial charge in [0.15, 0.2) is 5.82 Å². The third-order valence-electron chi connectivity index (χ3n) is 4.00. The Morgan fingerprint density at radius 1 is 1.15 bits per heavy atom. The largest absolute Gasteiger partial charge is 0.486 e. The number of nitrogens with one attached hydrogen (secondary N) is 2. The first-order valence-electron chi connectivity index (χ1n) is 8.60. The molecule has 0 saturated heterocycles. The summed E-state index contributed by atoms with van der Waals surface area (Å²) in [4.78, 5) is 16.5. The lowest BCUT2D eigenvalue weighted by molar-refractivity contribution is -0.113. The zero-order valence-electron chi connectivity index (χ0n) is 15.6. The number of carbonyl (C=O) groups is 1. The number of benzene rings is 2. The van der Waals surface area contributed by atoms with E-state index in [0.29, 0.717) is 17.6 Å². The summed E-state index contributed by atoms with van der Waals surface area (Å²) in [6.45, 7) is 6.37. The van der Waals surface area contributed by atoms with Crippen LogP contribution in [0.4, 0.5) is 5.69 Å². The first-order valence-corrected chi connectivity index (χ1v) is 9.59. The second-order valence-corrected chi connectivity index (χ2v) is 7.25. The lowest BCUT2D eigenvalue weighted by atomic mass is 10.1. The Morgan fingerprint density at radius 3 is 2.78 bits per heavy atom. The van der Waals surface area contributed by atoms with Crippen LogP contribution < -0.4 is 10.1 Å². The molecule has 0 spiro atoms. The Labute approximate surface area is 162 Å². The van der Waals surface area contributed by atoms with Crippen molar-refractivity contribution in [3.63, 3.8) is 0 Å². The lowest BCUT2D eigenvalue weighted by Crippen LogP contribution is -2.14. The fraction of sp³-hybridized carbons (Fsp3) is 0.250. The van der Waals surface area contributed by atoms with Crippen molar-refractivity contribution in [3.8, 4) is 5.75 Å². The standard InChI is InChI=1S/C20H22N4O2S/c1-13-5-4-6-17(9-13)26-11-18-22-20(24-23-18)27-12-19(25)21-16-8-7-14(2)15(3)10-16/h4-10H,11-12H2,1-3H3,(H,21,25)(H,22,23,24). The highest BCUT2D eigenvalue weighted by Gasteiger charge is 2.09. The minimum absolute atomic E-state index is 0.0920. The van der Waals surface area contributed by atoms with Crippen molar-refractivity contribution in [2.24, 2.45) is 0 Å². The van der Waals surface area contributed by atoms with E-state index in [0.717, 1.165) is 22.6 Å². The predicted octanol–water partition coefficient (Wildman–Crippen LogP) is 4.04. The highest BCUT2D eigenvalue weighted by atomic mass is 32.2. The van der Waals surface area contributed by atoms with Gasteiger partial charge in [0.25, 0.3) is 0 Å². The van der Waals surface area contributed by atoms with Crippen LogP contribution in [0.5, 0.6) is 5.75 Å². The van der Waals surface area contributed by atoms with Gasteiger partial charge in [0, 0.05) is 5.69 Å². The van der Waals surface area contributed by atoms with Crippen molar-refractivity contribution >= 4 is 23.4 Å². The van der Waals surface area contributed by atoms with E-state index in [1.165, 1.54) is 17.3 Å². The van der Waals surface area contributed by atoms with Crippen LogP contribution in [0.15, 0.2) is 47.6 Å². The Kier molecular flexibility index (Phi) is 6.13. The van der Waals surface area contributed by atoms with Crippen LogP contribution in [-0.4, -0.2) is 26.8 Å². The van der Waals surface area contributed by atoms with Crippen LogP contribution in [-0.2, 0) is 11.4 Å². The monoisotopic (exact) mass is 382 g/mol. The lowest BCUT2D eigenvalue weighted by Gasteiger charge is -2.06. The van der Waals surface area contributed by atoms with Crippen LogP contribution >= 0.6 is 11.8 Å². The maximum Gasteiger partial charge on any atom is 0.234 e. The Hall–Kier alpha value is -2.80. The summed E-state index contributed by atoms with van der Waals surface area (Å²) >= 11 is 1.28. The number of aromatic amines is 1. The van der Waals surface area contributed by atoms with Crippen LogP contribution in [0.3, 0.4) is 0 Å². The molecule has 7 heteroatoms. The third kappa shape index (κ3) is 5.59. The van der Waals surface area contributed by atoms with Crippen molar-refractivity contribution in [2.75, 3.05) is 11.1 Å². The number of hydrogen-bond donors (Lipinski definition) is 2. The molecule has 2 N–H and O–H groups in total. The molecule has 0 atom stereocenters. The first-order chi connectivity index (χ1) is 13.0. The SMILES string of the molecule is Cc1cccc(OCc2nc(SCC(=O)Nc3ccc(C)c(C)c3)n[nH]2)c1. The summed E-state index contributed by atoms with van der Waals surface area (Å²) in [5, 5.41) is 10.4. The van der Waals surface area contributed by atoms with Gasteiger partial charge in [-0.25, -0.2) is 4.98 Å². The fourth-order valence-electron chi connectivity index (χ4n) is 2.41. The third-order valence-corrected chi connectivity index (χ3v) is 4.85. The van der Waals surface area contributed by atoms with Gasteiger partial charge < -0.3 is 10.1 Å².